The van der Waals surface area contributed by atoms with Gasteiger partial charge >= 0.3 is 6.03 Å². The van der Waals surface area contributed by atoms with E-state index in [0.29, 0.717) is 19.0 Å². The molecule has 0 radical (unpaired) electrons. The van der Waals surface area contributed by atoms with Gasteiger partial charge in [-0.05, 0) is 38.5 Å². The molecule has 2 amide bonds. The highest BCUT2D eigenvalue weighted by molar-refractivity contribution is 7.11. The number of carbonyl (C=O) groups is 1. The Labute approximate surface area is 130 Å². The van der Waals surface area contributed by atoms with Crippen molar-refractivity contribution in [1.82, 2.24) is 15.6 Å². The summed E-state index contributed by atoms with van der Waals surface area (Å²) in [5, 5.41) is 16.3. The topological polar surface area (TPSA) is 74.2 Å². The number of aliphatic hydroxyl groups is 1. The second kappa shape index (κ2) is 7.75. The van der Waals surface area contributed by atoms with E-state index in [-0.39, 0.29) is 12.1 Å². The molecule has 0 aromatic carbocycles. The highest BCUT2D eigenvalue weighted by Gasteiger charge is 2.22. The molecule has 6 heteroatoms. The maximum atomic E-state index is 11.7. The lowest BCUT2D eigenvalue weighted by Crippen LogP contribution is -2.38. The summed E-state index contributed by atoms with van der Waals surface area (Å²) in [5.41, 5.74) is 1.17. The number of nitrogens with one attached hydrogen (secondary N) is 2. The molecule has 1 saturated carbocycles. The molecule has 1 aliphatic rings. The van der Waals surface area contributed by atoms with Crippen LogP contribution in [0.1, 0.15) is 41.8 Å². The van der Waals surface area contributed by atoms with Gasteiger partial charge in [-0.25, -0.2) is 9.78 Å². The Balaban J connectivity index is 1.62. The van der Waals surface area contributed by atoms with Crippen LogP contribution in [0.25, 0.3) is 0 Å². The summed E-state index contributed by atoms with van der Waals surface area (Å²) in [6.45, 7) is 5.46. The minimum atomic E-state index is -0.180. The Morgan fingerprint density at radius 2 is 2.24 bits per heavy atom. The number of carbonyl (C=O) groups excluding carboxylic acids is 1. The van der Waals surface area contributed by atoms with Crippen molar-refractivity contribution in [2.45, 2.75) is 52.1 Å². The molecular weight excluding hydrogens is 286 g/mol. The Bertz CT molecular complexity index is 475. The number of aromatic nitrogens is 1. The average Bonchev–Trinajstić information content (AvgIpc) is 3.02. The molecule has 1 aliphatic carbocycles. The van der Waals surface area contributed by atoms with Crippen LogP contribution in [0.5, 0.6) is 0 Å². The molecule has 5 nitrogen and oxygen atoms in total. The predicted octanol–water partition coefficient (Wildman–Crippen LogP) is 2.02. The van der Waals surface area contributed by atoms with Crippen molar-refractivity contribution in [3.8, 4) is 0 Å². The zero-order chi connectivity index (χ0) is 15.2. The molecular formula is C15H25N3O2S. The first-order chi connectivity index (χ1) is 10.1. The van der Waals surface area contributed by atoms with E-state index in [1.54, 1.807) is 11.3 Å². The monoisotopic (exact) mass is 311 g/mol. The maximum Gasteiger partial charge on any atom is 0.314 e. The van der Waals surface area contributed by atoms with Crippen LogP contribution >= 0.6 is 11.3 Å². The standard InChI is InChI=1S/C15H25N3O2S/c1-3-13-10(2)21-14(18-13)6-7-16-15(20)17-9-11-4-5-12(19)8-11/h11-12,19H,3-9H2,1-2H3,(H2,16,17,20). The van der Waals surface area contributed by atoms with E-state index in [9.17, 15) is 9.90 Å². The molecule has 0 saturated heterocycles. The van der Waals surface area contributed by atoms with Crippen LogP contribution < -0.4 is 10.6 Å². The fraction of sp³-hybridized carbons (Fsp3) is 0.733. The van der Waals surface area contributed by atoms with E-state index >= 15 is 0 Å². The summed E-state index contributed by atoms with van der Waals surface area (Å²) in [7, 11) is 0. The summed E-state index contributed by atoms with van der Waals surface area (Å²) >= 11 is 1.71. The Hall–Kier alpha value is -1.14. The number of aliphatic hydroxyl groups excluding tert-OH is 1. The third-order valence-corrected chi connectivity index (χ3v) is 5.03. The summed E-state index contributed by atoms with van der Waals surface area (Å²) in [5.74, 6) is 0.416. The highest BCUT2D eigenvalue weighted by atomic mass is 32.1. The first-order valence-electron chi connectivity index (χ1n) is 7.73. The van der Waals surface area contributed by atoms with Crippen molar-refractivity contribution < 1.29 is 9.90 Å². The van der Waals surface area contributed by atoms with Crippen LogP contribution in [0.2, 0.25) is 0 Å². The van der Waals surface area contributed by atoms with E-state index in [0.717, 1.165) is 37.1 Å². The molecule has 2 unspecified atom stereocenters. The molecule has 0 spiro atoms. The first kappa shape index (κ1) is 16.2. The zero-order valence-corrected chi connectivity index (χ0v) is 13.6. The number of hydrogen-bond donors (Lipinski definition) is 3. The van der Waals surface area contributed by atoms with Crippen molar-refractivity contribution in [3.05, 3.63) is 15.6 Å². The molecule has 2 rings (SSSR count). The second-order valence-electron chi connectivity index (χ2n) is 5.68. The van der Waals surface area contributed by atoms with Gasteiger partial charge in [0, 0.05) is 24.4 Å². The fourth-order valence-corrected chi connectivity index (χ4v) is 3.76. The van der Waals surface area contributed by atoms with E-state index in [1.165, 1.54) is 10.6 Å². The summed E-state index contributed by atoms with van der Waals surface area (Å²) < 4.78 is 0. The summed E-state index contributed by atoms with van der Waals surface area (Å²) in [6, 6.07) is -0.125. The molecule has 118 valence electrons. The number of thiazole rings is 1. The molecule has 3 N–H and O–H groups in total. The lowest BCUT2D eigenvalue weighted by molar-refractivity contribution is 0.177. The molecule has 1 aromatic heterocycles. The smallest absolute Gasteiger partial charge is 0.314 e. The van der Waals surface area contributed by atoms with Crippen molar-refractivity contribution >= 4 is 17.4 Å². The first-order valence-corrected chi connectivity index (χ1v) is 8.55. The number of urea groups is 1. The Morgan fingerprint density at radius 1 is 1.43 bits per heavy atom. The molecule has 0 aliphatic heterocycles. The van der Waals surface area contributed by atoms with E-state index in [2.05, 4.69) is 29.5 Å². The van der Waals surface area contributed by atoms with Crippen molar-refractivity contribution in [3.63, 3.8) is 0 Å². The third-order valence-electron chi connectivity index (χ3n) is 3.96. The molecule has 1 aromatic rings. The minimum Gasteiger partial charge on any atom is -0.393 e. The number of aryl methyl sites for hydroxylation is 2. The molecule has 2 atom stereocenters. The van der Waals surface area contributed by atoms with Gasteiger partial charge in [-0.1, -0.05) is 6.92 Å². The normalized spacial score (nSPS) is 21.5. The van der Waals surface area contributed by atoms with Gasteiger partial charge in [0.2, 0.25) is 0 Å². The van der Waals surface area contributed by atoms with Gasteiger partial charge in [-0.2, -0.15) is 0 Å². The maximum absolute atomic E-state index is 11.7. The van der Waals surface area contributed by atoms with Crippen LogP contribution in [0.15, 0.2) is 0 Å². The number of amides is 2. The van der Waals surface area contributed by atoms with Gasteiger partial charge in [0.15, 0.2) is 0 Å². The van der Waals surface area contributed by atoms with Gasteiger partial charge in [-0.15, -0.1) is 11.3 Å². The minimum absolute atomic E-state index is 0.125. The fourth-order valence-electron chi connectivity index (χ4n) is 2.74. The van der Waals surface area contributed by atoms with Gasteiger partial charge in [0.25, 0.3) is 0 Å². The lowest BCUT2D eigenvalue weighted by Gasteiger charge is -2.11. The highest BCUT2D eigenvalue weighted by Crippen LogP contribution is 2.24. The van der Waals surface area contributed by atoms with Crippen LogP contribution in [0.4, 0.5) is 4.79 Å². The van der Waals surface area contributed by atoms with Crippen molar-refractivity contribution in [2.75, 3.05) is 13.1 Å². The van der Waals surface area contributed by atoms with E-state index < -0.39 is 0 Å². The molecule has 1 fully saturated rings. The Kier molecular flexibility index (Phi) is 5.99. The summed E-state index contributed by atoms with van der Waals surface area (Å²) in [6.07, 6.45) is 4.22. The van der Waals surface area contributed by atoms with Crippen LogP contribution in [0.3, 0.4) is 0 Å². The van der Waals surface area contributed by atoms with Gasteiger partial charge in [0.05, 0.1) is 16.8 Å². The van der Waals surface area contributed by atoms with Gasteiger partial charge in [0.1, 0.15) is 0 Å². The SMILES string of the molecule is CCc1nc(CCNC(=O)NCC2CCC(O)C2)sc1C. The predicted molar refractivity (Wildman–Crippen MR) is 84.7 cm³/mol. The average molecular weight is 311 g/mol. The van der Waals surface area contributed by atoms with Crippen LogP contribution in [-0.2, 0) is 12.8 Å². The van der Waals surface area contributed by atoms with Crippen molar-refractivity contribution in [2.24, 2.45) is 5.92 Å². The van der Waals surface area contributed by atoms with E-state index in [1.807, 2.05) is 0 Å². The number of hydrogen-bond acceptors (Lipinski definition) is 4. The molecule has 0 bridgehead atoms. The molecule has 1 heterocycles. The third kappa shape index (κ3) is 4.97. The van der Waals surface area contributed by atoms with Gasteiger partial charge in [-0.3, -0.25) is 0 Å². The van der Waals surface area contributed by atoms with Crippen LogP contribution in [0, 0.1) is 12.8 Å². The number of rotatable bonds is 6. The zero-order valence-electron chi connectivity index (χ0n) is 12.8. The summed E-state index contributed by atoms with van der Waals surface area (Å²) in [4.78, 5) is 17.5. The second-order valence-corrected chi connectivity index (χ2v) is 6.97. The van der Waals surface area contributed by atoms with E-state index in [4.69, 9.17) is 0 Å². The Morgan fingerprint density at radius 3 is 2.86 bits per heavy atom. The molecule has 21 heavy (non-hydrogen) atoms. The van der Waals surface area contributed by atoms with Crippen molar-refractivity contribution in [1.29, 1.82) is 0 Å². The lowest BCUT2D eigenvalue weighted by atomic mass is 10.1. The largest absolute Gasteiger partial charge is 0.393 e. The van der Waals surface area contributed by atoms with Gasteiger partial charge < -0.3 is 15.7 Å². The number of nitrogens with zero attached hydrogens (tertiary/aromatic N) is 1. The quantitative estimate of drug-likeness (QED) is 0.752. The van der Waals surface area contributed by atoms with Crippen LogP contribution in [-0.4, -0.2) is 35.3 Å².